The first-order valence-corrected chi connectivity index (χ1v) is 5.87. The number of hydrogen-bond acceptors (Lipinski definition) is 4. The van der Waals surface area contributed by atoms with Crippen molar-refractivity contribution in [1.29, 1.82) is 0 Å². The molecule has 0 saturated carbocycles. The summed E-state index contributed by atoms with van der Waals surface area (Å²) in [6, 6.07) is 5.51. The number of hydrogen-bond donors (Lipinski definition) is 2. The normalized spacial score (nSPS) is 10.7. The molecular formula is C12H17N3O2S. The third kappa shape index (κ3) is 4.58. The second-order valence-corrected chi connectivity index (χ2v) is 4.25. The Hall–Kier alpha value is -1.82. The van der Waals surface area contributed by atoms with Gasteiger partial charge in [-0.15, -0.1) is 0 Å². The van der Waals surface area contributed by atoms with Crippen molar-refractivity contribution in [3.8, 4) is 11.5 Å². The summed E-state index contributed by atoms with van der Waals surface area (Å²) in [5.41, 5.74) is 8.61. The zero-order valence-electron chi connectivity index (χ0n) is 10.6. The standard InChI is InChI=1S/C12H17N3O2S/c1-8(2)17-11-6-9(4-5-10(11)16-3)7-14-15-12(13)18/h4-8H,1-3H3,(H3,13,15,18). The van der Waals surface area contributed by atoms with E-state index < -0.39 is 0 Å². The highest BCUT2D eigenvalue weighted by atomic mass is 32.1. The molecule has 5 nitrogen and oxygen atoms in total. The first kappa shape index (κ1) is 14.2. The second kappa shape index (κ2) is 6.80. The predicted octanol–water partition coefficient (Wildman–Crippen LogP) is 1.65. The van der Waals surface area contributed by atoms with E-state index >= 15 is 0 Å². The summed E-state index contributed by atoms with van der Waals surface area (Å²) in [6.45, 7) is 3.91. The van der Waals surface area contributed by atoms with Crippen LogP contribution in [-0.4, -0.2) is 24.5 Å². The van der Waals surface area contributed by atoms with Gasteiger partial charge in [-0.3, -0.25) is 5.43 Å². The lowest BCUT2D eigenvalue weighted by Gasteiger charge is -2.13. The molecular weight excluding hydrogens is 250 g/mol. The molecule has 0 aliphatic heterocycles. The molecule has 0 fully saturated rings. The summed E-state index contributed by atoms with van der Waals surface area (Å²) in [5.74, 6) is 1.36. The van der Waals surface area contributed by atoms with E-state index in [1.807, 2.05) is 32.0 Å². The Balaban J connectivity index is 2.88. The summed E-state index contributed by atoms with van der Waals surface area (Å²) in [4.78, 5) is 0. The molecule has 0 spiro atoms. The van der Waals surface area contributed by atoms with Crippen LogP contribution in [0.2, 0.25) is 0 Å². The number of thiocarbonyl (C=S) groups is 1. The van der Waals surface area contributed by atoms with E-state index in [4.69, 9.17) is 15.2 Å². The van der Waals surface area contributed by atoms with E-state index in [9.17, 15) is 0 Å². The molecule has 0 atom stereocenters. The van der Waals surface area contributed by atoms with Gasteiger partial charge in [-0.05, 0) is 49.8 Å². The fourth-order valence-electron chi connectivity index (χ4n) is 1.29. The largest absolute Gasteiger partial charge is 0.493 e. The average molecular weight is 267 g/mol. The van der Waals surface area contributed by atoms with E-state index in [0.717, 1.165) is 5.56 Å². The SMILES string of the molecule is COc1ccc(C=NNC(N)=S)cc1OC(C)C. The molecule has 3 N–H and O–H groups in total. The highest BCUT2D eigenvalue weighted by Gasteiger charge is 2.06. The summed E-state index contributed by atoms with van der Waals surface area (Å²) in [7, 11) is 1.60. The van der Waals surface area contributed by atoms with Gasteiger partial charge in [0.1, 0.15) is 0 Å². The van der Waals surface area contributed by atoms with Crippen LogP contribution in [0, 0.1) is 0 Å². The number of nitrogens with one attached hydrogen (secondary N) is 1. The zero-order chi connectivity index (χ0) is 13.5. The maximum Gasteiger partial charge on any atom is 0.184 e. The topological polar surface area (TPSA) is 68.9 Å². The maximum atomic E-state index is 5.65. The van der Waals surface area contributed by atoms with Gasteiger partial charge in [-0.25, -0.2) is 0 Å². The Kier molecular flexibility index (Phi) is 5.38. The fourth-order valence-corrected chi connectivity index (χ4v) is 1.34. The van der Waals surface area contributed by atoms with Crippen molar-refractivity contribution >= 4 is 23.5 Å². The third-order valence-corrected chi connectivity index (χ3v) is 2.03. The molecule has 0 bridgehead atoms. The van der Waals surface area contributed by atoms with Gasteiger partial charge in [0.15, 0.2) is 16.6 Å². The Labute approximate surface area is 112 Å². The Bertz CT molecular complexity index is 447. The molecule has 0 amide bonds. The molecule has 0 aromatic heterocycles. The van der Waals surface area contributed by atoms with Crippen molar-refractivity contribution in [3.05, 3.63) is 23.8 Å². The summed E-state index contributed by atoms with van der Waals surface area (Å²) in [6.07, 6.45) is 1.67. The maximum absolute atomic E-state index is 5.65. The average Bonchev–Trinajstić information content (AvgIpc) is 2.28. The number of nitrogens with two attached hydrogens (primary N) is 1. The minimum absolute atomic E-state index is 0.0702. The quantitative estimate of drug-likeness (QED) is 0.482. The van der Waals surface area contributed by atoms with E-state index in [1.165, 1.54) is 0 Å². The van der Waals surface area contributed by atoms with Crippen molar-refractivity contribution in [3.63, 3.8) is 0 Å². The first-order valence-electron chi connectivity index (χ1n) is 5.46. The number of nitrogens with zero attached hydrogens (tertiary/aromatic N) is 1. The van der Waals surface area contributed by atoms with Crippen LogP contribution in [-0.2, 0) is 0 Å². The minimum atomic E-state index is 0.0702. The van der Waals surface area contributed by atoms with Crippen LogP contribution in [0.1, 0.15) is 19.4 Å². The summed E-state index contributed by atoms with van der Waals surface area (Å²) < 4.78 is 10.9. The smallest absolute Gasteiger partial charge is 0.184 e. The summed E-state index contributed by atoms with van der Waals surface area (Å²) >= 11 is 4.64. The first-order chi connectivity index (χ1) is 8.52. The molecule has 0 heterocycles. The van der Waals surface area contributed by atoms with E-state index in [2.05, 4.69) is 22.7 Å². The highest BCUT2D eigenvalue weighted by Crippen LogP contribution is 2.28. The molecule has 18 heavy (non-hydrogen) atoms. The molecule has 1 aromatic rings. The fraction of sp³-hybridized carbons (Fsp3) is 0.333. The predicted molar refractivity (Wildman–Crippen MR) is 76.3 cm³/mol. The van der Waals surface area contributed by atoms with Crippen molar-refractivity contribution in [2.45, 2.75) is 20.0 Å². The molecule has 0 saturated heterocycles. The molecule has 1 aromatic carbocycles. The van der Waals surface area contributed by atoms with E-state index in [1.54, 1.807) is 13.3 Å². The number of ether oxygens (including phenoxy) is 2. The molecule has 0 aliphatic carbocycles. The number of benzene rings is 1. The van der Waals surface area contributed by atoms with Gasteiger partial charge in [0.2, 0.25) is 0 Å². The lowest BCUT2D eigenvalue weighted by Crippen LogP contribution is -2.23. The molecule has 0 radical (unpaired) electrons. The van der Waals surface area contributed by atoms with E-state index in [0.29, 0.717) is 11.5 Å². The van der Waals surface area contributed by atoms with Crippen molar-refractivity contribution in [2.75, 3.05) is 7.11 Å². The minimum Gasteiger partial charge on any atom is -0.493 e. The highest BCUT2D eigenvalue weighted by molar-refractivity contribution is 7.80. The Morgan fingerprint density at radius 2 is 2.17 bits per heavy atom. The number of hydrazone groups is 1. The van der Waals surface area contributed by atoms with Gasteiger partial charge in [-0.2, -0.15) is 5.10 Å². The van der Waals surface area contributed by atoms with Crippen LogP contribution >= 0.6 is 12.2 Å². The monoisotopic (exact) mass is 267 g/mol. The zero-order valence-corrected chi connectivity index (χ0v) is 11.5. The molecule has 1 rings (SSSR count). The van der Waals surface area contributed by atoms with Crippen LogP contribution in [0.25, 0.3) is 0 Å². The van der Waals surface area contributed by atoms with Gasteiger partial charge in [0.25, 0.3) is 0 Å². The van der Waals surface area contributed by atoms with E-state index in [-0.39, 0.29) is 11.2 Å². The van der Waals surface area contributed by atoms with Crippen LogP contribution in [0.5, 0.6) is 11.5 Å². The Morgan fingerprint density at radius 3 is 2.72 bits per heavy atom. The lowest BCUT2D eigenvalue weighted by molar-refractivity contribution is 0.230. The lowest BCUT2D eigenvalue weighted by atomic mass is 10.2. The van der Waals surface area contributed by atoms with Gasteiger partial charge in [0.05, 0.1) is 19.4 Å². The number of rotatable bonds is 5. The van der Waals surface area contributed by atoms with Crippen LogP contribution in [0.3, 0.4) is 0 Å². The van der Waals surface area contributed by atoms with Crippen LogP contribution in [0.4, 0.5) is 0 Å². The Morgan fingerprint density at radius 1 is 1.44 bits per heavy atom. The van der Waals surface area contributed by atoms with Gasteiger partial charge >= 0.3 is 0 Å². The van der Waals surface area contributed by atoms with Crippen molar-refractivity contribution in [2.24, 2.45) is 10.8 Å². The van der Waals surface area contributed by atoms with Crippen LogP contribution < -0.4 is 20.6 Å². The third-order valence-electron chi connectivity index (χ3n) is 1.94. The molecule has 0 aliphatic rings. The number of methoxy groups -OCH3 is 1. The van der Waals surface area contributed by atoms with Crippen molar-refractivity contribution < 1.29 is 9.47 Å². The van der Waals surface area contributed by atoms with Crippen LogP contribution in [0.15, 0.2) is 23.3 Å². The van der Waals surface area contributed by atoms with Gasteiger partial charge in [0, 0.05) is 0 Å². The van der Waals surface area contributed by atoms with Crippen molar-refractivity contribution in [1.82, 2.24) is 5.43 Å². The molecule has 98 valence electrons. The van der Waals surface area contributed by atoms with Gasteiger partial charge in [-0.1, -0.05) is 0 Å². The summed E-state index contributed by atoms with van der Waals surface area (Å²) in [5, 5.41) is 4.00. The molecule has 0 unspecified atom stereocenters. The molecule has 6 heteroatoms. The van der Waals surface area contributed by atoms with Gasteiger partial charge < -0.3 is 15.2 Å². The second-order valence-electron chi connectivity index (χ2n) is 3.81.